The van der Waals surface area contributed by atoms with Gasteiger partial charge in [-0.3, -0.25) is 4.68 Å². The van der Waals surface area contributed by atoms with Crippen LogP contribution in [0, 0.1) is 0 Å². The highest BCUT2D eigenvalue weighted by atomic mass is 32.1. The van der Waals surface area contributed by atoms with Gasteiger partial charge in [-0.15, -0.1) is 0 Å². The van der Waals surface area contributed by atoms with Gasteiger partial charge in [-0.2, -0.15) is 5.10 Å². The second-order valence-corrected chi connectivity index (χ2v) is 2.45. The number of aromatic nitrogens is 2. The third kappa shape index (κ3) is 1.91. The molecule has 0 aliphatic heterocycles. The van der Waals surface area contributed by atoms with Crippen molar-refractivity contribution < 1.29 is 0 Å². The van der Waals surface area contributed by atoms with Gasteiger partial charge in [0, 0.05) is 20.2 Å². The molecule has 0 fully saturated rings. The van der Waals surface area contributed by atoms with Gasteiger partial charge in [0.25, 0.3) is 0 Å². The maximum Gasteiger partial charge on any atom is 0.171 e. The maximum atomic E-state index is 4.90. The Balaban J connectivity index is 2.64. The molecule has 0 saturated heterocycles. The summed E-state index contributed by atoms with van der Waals surface area (Å²) in [5.74, 6) is 0.879. The number of nitrogens with zero attached hydrogens (tertiary/aromatic N) is 2. The van der Waals surface area contributed by atoms with E-state index in [2.05, 4.69) is 15.7 Å². The molecule has 0 saturated carbocycles. The van der Waals surface area contributed by atoms with E-state index in [9.17, 15) is 0 Å². The van der Waals surface area contributed by atoms with Crippen LogP contribution in [-0.2, 0) is 7.05 Å². The average Bonchev–Trinajstić information content (AvgIpc) is 2.37. The third-order valence-electron chi connectivity index (χ3n) is 1.29. The van der Waals surface area contributed by atoms with Gasteiger partial charge < -0.3 is 10.6 Å². The molecule has 0 atom stereocenters. The Hall–Kier alpha value is -1.10. The molecular formula is C6H10N4S. The predicted octanol–water partition coefficient (Wildman–Crippen LogP) is 0.336. The first-order chi connectivity index (χ1) is 5.24. The van der Waals surface area contributed by atoms with Crippen molar-refractivity contribution in [2.24, 2.45) is 7.05 Å². The topological polar surface area (TPSA) is 41.9 Å². The zero-order valence-corrected chi connectivity index (χ0v) is 7.27. The van der Waals surface area contributed by atoms with E-state index in [1.165, 1.54) is 0 Å². The number of thiocarbonyl (C=S) groups is 1. The minimum Gasteiger partial charge on any atom is -0.365 e. The maximum absolute atomic E-state index is 4.90. The summed E-state index contributed by atoms with van der Waals surface area (Å²) >= 11 is 4.90. The molecule has 0 radical (unpaired) electrons. The van der Waals surface area contributed by atoms with Gasteiger partial charge in [0.2, 0.25) is 0 Å². The summed E-state index contributed by atoms with van der Waals surface area (Å²) in [6.07, 6.45) is 1.71. The van der Waals surface area contributed by atoms with Crippen LogP contribution in [0.2, 0.25) is 0 Å². The monoisotopic (exact) mass is 170 g/mol. The zero-order chi connectivity index (χ0) is 8.27. The Bertz CT molecular complexity index is 255. The molecule has 1 aromatic heterocycles. The van der Waals surface area contributed by atoms with E-state index in [4.69, 9.17) is 12.2 Å². The Labute approximate surface area is 70.6 Å². The van der Waals surface area contributed by atoms with Gasteiger partial charge in [-0.1, -0.05) is 0 Å². The molecule has 0 aliphatic carbocycles. The van der Waals surface area contributed by atoms with Crippen LogP contribution in [0.25, 0.3) is 0 Å². The van der Waals surface area contributed by atoms with Crippen molar-refractivity contribution >= 4 is 23.1 Å². The summed E-state index contributed by atoms with van der Waals surface area (Å²) in [6, 6.07) is 1.85. The molecule has 1 heterocycles. The number of rotatable bonds is 1. The second kappa shape index (κ2) is 3.34. The molecule has 1 aromatic rings. The first-order valence-electron chi connectivity index (χ1n) is 3.21. The van der Waals surface area contributed by atoms with E-state index >= 15 is 0 Å². The van der Waals surface area contributed by atoms with Crippen LogP contribution in [0.1, 0.15) is 0 Å². The van der Waals surface area contributed by atoms with Crippen LogP contribution in [0.15, 0.2) is 12.3 Å². The molecule has 0 aromatic carbocycles. The first kappa shape index (κ1) is 8.00. The van der Waals surface area contributed by atoms with Crippen molar-refractivity contribution in [3.63, 3.8) is 0 Å². The predicted molar refractivity (Wildman–Crippen MR) is 48.5 cm³/mol. The molecule has 0 spiro atoms. The molecule has 11 heavy (non-hydrogen) atoms. The average molecular weight is 170 g/mol. The fourth-order valence-electron chi connectivity index (χ4n) is 0.675. The van der Waals surface area contributed by atoms with Gasteiger partial charge in [0.15, 0.2) is 5.11 Å². The molecule has 2 N–H and O–H groups in total. The lowest BCUT2D eigenvalue weighted by atomic mass is 10.6. The molecule has 4 nitrogen and oxygen atoms in total. The van der Waals surface area contributed by atoms with E-state index in [1.807, 2.05) is 13.1 Å². The summed E-state index contributed by atoms with van der Waals surface area (Å²) in [5.41, 5.74) is 0. The summed E-state index contributed by atoms with van der Waals surface area (Å²) in [7, 11) is 3.62. The summed E-state index contributed by atoms with van der Waals surface area (Å²) < 4.78 is 1.71. The van der Waals surface area contributed by atoms with Crippen molar-refractivity contribution in [3.05, 3.63) is 12.3 Å². The van der Waals surface area contributed by atoms with Crippen LogP contribution >= 0.6 is 12.2 Å². The molecule has 0 bridgehead atoms. The van der Waals surface area contributed by atoms with Crippen LogP contribution in [-0.4, -0.2) is 21.9 Å². The lowest BCUT2D eigenvalue weighted by molar-refractivity contribution is 0.777. The van der Waals surface area contributed by atoms with Gasteiger partial charge in [-0.25, -0.2) is 0 Å². The van der Waals surface area contributed by atoms with E-state index in [0.717, 1.165) is 5.82 Å². The SMILES string of the molecule is CNC(=S)Nc1ccnn1C. The largest absolute Gasteiger partial charge is 0.365 e. The molecular weight excluding hydrogens is 160 g/mol. The Morgan fingerprint density at radius 2 is 2.45 bits per heavy atom. The van der Waals surface area contributed by atoms with E-state index in [-0.39, 0.29) is 0 Å². The normalized spacial score (nSPS) is 9.27. The van der Waals surface area contributed by atoms with Crippen molar-refractivity contribution in [2.45, 2.75) is 0 Å². The lowest BCUT2D eigenvalue weighted by Gasteiger charge is -2.05. The van der Waals surface area contributed by atoms with Crippen LogP contribution < -0.4 is 10.6 Å². The highest BCUT2D eigenvalue weighted by Gasteiger charge is 1.97. The van der Waals surface area contributed by atoms with Gasteiger partial charge in [0.05, 0.1) is 6.20 Å². The molecule has 0 aliphatic rings. The summed E-state index contributed by atoms with van der Waals surface area (Å²) in [5, 5.41) is 10.3. The van der Waals surface area contributed by atoms with E-state index < -0.39 is 0 Å². The van der Waals surface area contributed by atoms with Gasteiger partial charge in [0.1, 0.15) is 5.82 Å². The van der Waals surface area contributed by atoms with Crippen LogP contribution in [0.5, 0.6) is 0 Å². The molecule has 60 valence electrons. The van der Waals surface area contributed by atoms with E-state index in [1.54, 1.807) is 17.9 Å². The highest BCUT2D eigenvalue weighted by Crippen LogP contribution is 2.01. The summed E-state index contributed by atoms with van der Waals surface area (Å²) in [4.78, 5) is 0. The standard InChI is InChI=1S/C6H10N4S/c1-7-6(11)9-5-3-4-8-10(5)2/h3-4H,1-2H3,(H2,7,9,11). The van der Waals surface area contributed by atoms with Crippen molar-refractivity contribution in [2.75, 3.05) is 12.4 Å². The van der Waals surface area contributed by atoms with Crippen LogP contribution in [0.3, 0.4) is 0 Å². The minimum absolute atomic E-state index is 0.591. The first-order valence-corrected chi connectivity index (χ1v) is 3.61. The molecule has 0 amide bonds. The Morgan fingerprint density at radius 3 is 2.91 bits per heavy atom. The van der Waals surface area contributed by atoms with Crippen molar-refractivity contribution in [1.29, 1.82) is 0 Å². The number of nitrogens with one attached hydrogen (secondary N) is 2. The smallest absolute Gasteiger partial charge is 0.171 e. The Morgan fingerprint density at radius 1 is 1.73 bits per heavy atom. The molecule has 0 unspecified atom stereocenters. The lowest BCUT2D eigenvalue weighted by Crippen LogP contribution is -2.25. The fourth-order valence-corrected chi connectivity index (χ4v) is 0.780. The third-order valence-corrected chi connectivity index (χ3v) is 1.60. The molecule has 5 heteroatoms. The highest BCUT2D eigenvalue weighted by molar-refractivity contribution is 7.80. The van der Waals surface area contributed by atoms with Gasteiger partial charge in [-0.05, 0) is 12.2 Å². The molecule has 1 rings (SSSR count). The Kier molecular flexibility index (Phi) is 2.43. The number of hydrogen-bond acceptors (Lipinski definition) is 2. The van der Waals surface area contributed by atoms with Crippen molar-refractivity contribution in [1.82, 2.24) is 15.1 Å². The number of hydrogen-bond donors (Lipinski definition) is 2. The second-order valence-electron chi connectivity index (χ2n) is 2.04. The minimum atomic E-state index is 0.591. The van der Waals surface area contributed by atoms with Crippen LogP contribution in [0.4, 0.5) is 5.82 Å². The van der Waals surface area contributed by atoms with Crippen molar-refractivity contribution in [3.8, 4) is 0 Å². The zero-order valence-electron chi connectivity index (χ0n) is 6.46. The summed E-state index contributed by atoms with van der Waals surface area (Å²) in [6.45, 7) is 0. The number of anilines is 1. The van der Waals surface area contributed by atoms with Gasteiger partial charge >= 0.3 is 0 Å². The van der Waals surface area contributed by atoms with E-state index in [0.29, 0.717) is 5.11 Å². The fraction of sp³-hybridized carbons (Fsp3) is 0.333. The number of aryl methyl sites for hydroxylation is 1. The quantitative estimate of drug-likeness (QED) is 0.596.